The van der Waals surface area contributed by atoms with Crippen LogP contribution in [-0.2, 0) is 10.8 Å². The Bertz CT molecular complexity index is 1190. The lowest BCUT2D eigenvalue weighted by Gasteiger charge is -2.27. The molecule has 0 radical (unpaired) electrons. The Morgan fingerprint density at radius 2 is 1.47 bits per heavy atom. The maximum Gasteiger partial charge on any atom is 0.209 e. The third-order valence-electron chi connectivity index (χ3n) is 8.01. The van der Waals surface area contributed by atoms with Gasteiger partial charge in [0.05, 0.1) is 5.41 Å². The van der Waals surface area contributed by atoms with Crippen LogP contribution in [0.1, 0.15) is 84.8 Å². The van der Waals surface area contributed by atoms with E-state index in [4.69, 9.17) is 0 Å². The van der Waals surface area contributed by atoms with E-state index in [-0.39, 0.29) is 10.8 Å². The van der Waals surface area contributed by atoms with Crippen LogP contribution in [0, 0.1) is 0 Å². The number of fused-ring (bicyclic) bond motifs is 2. The first kappa shape index (κ1) is 26.2. The van der Waals surface area contributed by atoms with Gasteiger partial charge >= 0.3 is 0 Å². The summed E-state index contributed by atoms with van der Waals surface area (Å²) in [5.41, 5.74) is 8.41. The summed E-state index contributed by atoms with van der Waals surface area (Å²) in [6.45, 7) is 16.1. The Hall–Kier alpha value is -2.87. The van der Waals surface area contributed by atoms with Gasteiger partial charge in [0, 0.05) is 47.5 Å². The molecule has 2 aliphatic heterocycles. The number of allylic oxidation sites excluding steroid dienone is 6. The molecule has 4 rings (SSSR count). The number of hydrogen-bond acceptors (Lipinski definition) is 1. The molecule has 0 saturated heterocycles. The van der Waals surface area contributed by atoms with Crippen LogP contribution in [-0.4, -0.2) is 23.4 Å². The maximum absolute atomic E-state index is 2.56. The largest absolute Gasteiger partial charge is 0.344 e. The highest BCUT2D eigenvalue weighted by molar-refractivity contribution is 6.03. The second-order valence-corrected chi connectivity index (χ2v) is 11.3. The van der Waals surface area contributed by atoms with Crippen molar-refractivity contribution < 1.29 is 4.58 Å². The number of unbranched alkanes of at least 4 members (excludes halogenated alkanes) is 3. The summed E-state index contributed by atoms with van der Waals surface area (Å²) in [7, 11) is 0. The van der Waals surface area contributed by atoms with Gasteiger partial charge in [-0.05, 0) is 38.0 Å². The van der Waals surface area contributed by atoms with E-state index in [9.17, 15) is 0 Å². The highest BCUT2D eigenvalue weighted by atomic mass is 15.2. The highest BCUT2D eigenvalue weighted by Crippen LogP contribution is 2.47. The summed E-state index contributed by atoms with van der Waals surface area (Å²) < 4.78 is 2.51. The second kappa shape index (κ2) is 11.0. The zero-order valence-corrected chi connectivity index (χ0v) is 23.3. The molecular weight excluding hydrogens is 436 g/mol. The quantitative estimate of drug-likeness (QED) is 0.187. The first-order valence-corrected chi connectivity index (χ1v) is 14.0. The van der Waals surface area contributed by atoms with E-state index in [0.29, 0.717) is 0 Å². The molecule has 0 aromatic heterocycles. The molecule has 2 aromatic rings. The Morgan fingerprint density at radius 1 is 0.750 bits per heavy atom. The number of benzene rings is 2. The van der Waals surface area contributed by atoms with Crippen molar-refractivity contribution in [3.05, 3.63) is 95.7 Å². The van der Waals surface area contributed by atoms with Gasteiger partial charge in [0.15, 0.2) is 5.71 Å². The molecule has 0 saturated carbocycles. The van der Waals surface area contributed by atoms with Crippen LogP contribution in [0.3, 0.4) is 0 Å². The van der Waals surface area contributed by atoms with Crippen LogP contribution >= 0.6 is 0 Å². The predicted molar refractivity (Wildman–Crippen MR) is 157 cm³/mol. The molecule has 2 aliphatic rings. The topological polar surface area (TPSA) is 6.25 Å². The summed E-state index contributed by atoms with van der Waals surface area (Å²) in [6, 6.07) is 17.8. The smallest absolute Gasteiger partial charge is 0.209 e. The van der Waals surface area contributed by atoms with Crippen molar-refractivity contribution in [1.82, 2.24) is 0 Å². The Balaban J connectivity index is 1.58. The van der Waals surface area contributed by atoms with Gasteiger partial charge in [-0.3, -0.25) is 0 Å². The zero-order chi connectivity index (χ0) is 25.8. The maximum atomic E-state index is 2.56. The molecular formula is C34H45N2+. The van der Waals surface area contributed by atoms with Gasteiger partial charge in [-0.1, -0.05) is 102 Å². The Labute approximate surface area is 219 Å². The van der Waals surface area contributed by atoms with E-state index >= 15 is 0 Å². The third kappa shape index (κ3) is 4.88. The van der Waals surface area contributed by atoms with Gasteiger partial charge in [0.25, 0.3) is 0 Å². The summed E-state index contributed by atoms with van der Waals surface area (Å²) >= 11 is 0. The lowest BCUT2D eigenvalue weighted by molar-refractivity contribution is -0.437. The summed E-state index contributed by atoms with van der Waals surface area (Å²) in [5.74, 6) is 0. The molecule has 2 heterocycles. The van der Waals surface area contributed by atoms with Gasteiger partial charge in [-0.2, -0.15) is 4.58 Å². The van der Waals surface area contributed by atoms with E-state index in [1.807, 2.05) is 0 Å². The fraction of sp³-hybridized carbons (Fsp3) is 0.441. The van der Waals surface area contributed by atoms with E-state index in [1.54, 1.807) is 0 Å². The van der Waals surface area contributed by atoms with E-state index < -0.39 is 0 Å². The van der Waals surface area contributed by atoms with Crippen LogP contribution in [0.2, 0.25) is 0 Å². The van der Waals surface area contributed by atoms with Crippen LogP contribution in [0.15, 0.2) is 84.6 Å². The number of hydrogen-bond donors (Lipinski definition) is 0. The molecule has 0 bridgehead atoms. The van der Waals surface area contributed by atoms with Crippen molar-refractivity contribution in [3.63, 3.8) is 0 Å². The van der Waals surface area contributed by atoms with Crippen molar-refractivity contribution in [3.8, 4) is 0 Å². The van der Waals surface area contributed by atoms with Crippen molar-refractivity contribution in [2.24, 2.45) is 0 Å². The molecule has 2 nitrogen and oxygen atoms in total. The number of nitrogens with zero attached hydrogens (tertiary/aromatic N) is 2. The van der Waals surface area contributed by atoms with Gasteiger partial charge in [-0.25, -0.2) is 0 Å². The minimum absolute atomic E-state index is 0.0111. The Kier molecular flexibility index (Phi) is 8.03. The lowest BCUT2D eigenvalue weighted by atomic mass is 9.81. The first-order chi connectivity index (χ1) is 17.3. The summed E-state index contributed by atoms with van der Waals surface area (Å²) in [6.07, 6.45) is 17.6. The van der Waals surface area contributed by atoms with Gasteiger partial charge in [0.2, 0.25) is 5.69 Å². The van der Waals surface area contributed by atoms with E-state index in [0.717, 1.165) is 19.5 Å². The fourth-order valence-electron chi connectivity index (χ4n) is 6.04. The molecule has 0 aliphatic carbocycles. The number of anilines is 1. The highest BCUT2D eigenvalue weighted by Gasteiger charge is 2.43. The molecule has 0 N–H and O–H groups in total. The molecule has 2 aromatic carbocycles. The van der Waals surface area contributed by atoms with Crippen molar-refractivity contribution in [1.29, 1.82) is 0 Å². The number of para-hydroxylation sites is 2. The standard InChI is InChI=1S/C34H45N2/c1-7-9-10-18-26-36-30-22-17-15-20-28(30)34(5,6)32(36)24-13-11-12-23-31-33(3,4)27-19-14-16-21-29(27)35(31)25-8-2/h11-17,19-24H,7-10,18,25-26H2,1-6H3/q+1. The SMILES string of the molecule is CCCCCCN1/C(=C/C=C/C=C/C2=[N+](CCC)c3ccccc3C2(C)C)C(C)(C)c2ccccc21. The van der Waals surface area contributed by atoms with Gasteiger partial charge in [0.1, 0.15) is 6.54 Å². The van der Waals surface area contributed by atoms with Crippen LogP contribution in [0.5, 0.6) is 0 Å². The molecule has 2 heteroatoms. The average molecular weight is 482 g/mol. The molecule has 0 atom stereocenters. The summed E-state index contributed by atoms with van der Waals surface area (Å²) in [4.78, 5) is 2.56. The minimum Gasteiger partial charge on any atom is -0.344 e. The molecule has 0 spiro atoms. The normalized spacial score (nSPS) is 19.2. The van der Waals surface area contributed by atoms with Crippen molar-refractivity contribution in [2.75, 3.05) is 18.0 Å². The summed E-state index contributed by atoms with van der Waals surface area (Å²) in [5, 5.41) is 0. The van der Waals surface area contributed by atoms with Crippen molar-refractivity contribution in [2.45, 2.75) is 84.5 Å². The Morgan fingerprint density at radius 3 is 2.22 bits per heavy atom. The van der Waals surface area contributed by atoms with Crippen LogP contribution in [0.25, 0.3) is 0 Å². The molecule has 190 valence electrons. The van der Waals surface area contributed by atoms with E-state index in [1.165, 1.54) is 59.6 Å². The molecule has 0 fully saturated rings. The van der Waals surface area contributed by atoms with Crippen LogP contribution < -0.4 is 4.90 Å². The number of rotatable bonds is 10. The predicted octanol–water partition coefficient (Wildman–Crippen LogP) is 8.85. The van der Waals surface area contributed by atoms with Gasteiger partial charge in [-0.15, -0.1) is 0 Å². The zero-order valence-electron chi connectivity index (χ0n) is 23.3. The molecule has 0 unspecified atom stereocenters. The van der Waals surface area contributed by atoms with Gasteiger partial charge < -0.3 is 4.90 Å². The second-order valence-electron chi connectivity index (χ2n) is 11.3. The van der Waals surface area contributed by atoms with E-state index in [2.05, 4.69) is 130 Å². The molecule has 0 amide bonds. The monoisotopic (exact) mass is 481 g/mol. The molecule has 36 heavy (non-hydrogen) atoms. The first-order valence-electron chi connectivity index (χ1n) is 14.0. The minimum atomic E-state index is 0.0111. The average Bonchev–Trinajstić information content (AvgIpc) is 3.21. The third-order valence-corrected chi connectivity index (χ3v) is 8.01. The lowest BCUT2D eigenvalue weighted by Crippen LogP contribution is -2.27. The van der Waals surface area contributed by atoms with Crippen molar-refractivity contribution >= 4 is 17.1 Å². The fourth-order valence-corrected chi connectivity index (χ4v) is 6.04. The van der Waals surface area contributed by atoms with Crippen LogP contribution in [0.4, 0.5) is 11.4 Å².